The SMILES string of the molecule is CC1=NC(Cl)CC(C(F)(F)F)=C1. The van der Waals surface area contributed by atoms with Crippen LogP contribution in [0, 0.1) is 0 Å². The molecule has 0 amide bonds. The molecule has 1 unspecified atom stereocenters. The van der Waals surface area contributed by atoms with E-state index in [1.807, 2.05) is 0 Å². The van der Waals surface area contributed by atoms with Crippen LogP contribution in [0.4, 0.5) is 13.2 Å². The maximum Gasteiger partial charge on any atom is 0.412 e. The highest BCUT2D eigenvalue weighted by Crippen LogP contribution is 2.32. The summed E-state index contributed by atoms with van der Waals surface area (Å²) in [6.45, 7) is 1.50. The van der Waals surface area contributed by atoms with Crippen molar-refractivity contribution in [1.82, 2.24) is 0 Å². The van der Waals surface area contributed by atoms with E-state index in [2.05, 4.69) is 4.99 Å². The first-order valence-corrected chi connectivity index (χ1v) is 3.79. The third-order valence-electron chi connectivity index (χ3n) is 1.48. The molecule has 1 rings (SSSR count). The molecule has 1 nitrogen and oxygen atoms in total. The van der Waals surface area contributed by atoms with Gasteiger partial charge in [-0.25, -0.2) is 0 Å². The predicted octanol–water partition coefficient (Wildman–Crippen LogP) is 2.90. The normalized spacial score (nSPS) is 24.9. The van der Waals surface area contributed by atoms with Crippen LogP contribution in [0.2, 0.25) is 0 Å². The molecule has 0 aromatic heterocycles. The first-order valence-electron chi connectivity index (χ1n) is 3.36. The summed E-state index contributed by atoms with van der Waals surface area (Å²) in [5, 5.41) is 0. The van der Waals surface area contributed by atoms with E-state index < -0.39 is 17.3 Å². The van der Waals surface area contributed by atoms with Gasteiger partial charge >= 0.3 is 6.18 Å². The van der Waals surface area contributed by atoms with E-state index >= 15 is 0 Å². The van der Waals surface area contributed by atoms with Crippen LogP contribution in [0.15, 0.2) is 16.6 Å². The van der Waals surface area contributed by atoms with E-state index in [1.54, 1.807) is 0 Å². The second kappa shape index (κ2) is 3.09. The molecule has 1 aliphatic rings. The van der Waals surface area contributed by atoms with Gasteiger partial charge < -0.3 is 0 Å². The lowest BCUT2D eigenvalue weighted by atomic mass is 10.1. The van der Waals surface area contributed by atoms with Gasteiger partial charge in [0.2, 0.25) is 0 Å². The van der Waals surface area contributed by atoms with Crippen molar-refractivity contribution >= 4 is 17.3 Å². The summed E-state index contributed by atoms with van der Waals surface area (Å²) in [6, 6.07) is 0. The lowest BCUT2D eigenvalue weighted by Gasteiger charge is -2.17. The molecule has 1 aliphatic heterocycles. The molecule has 1 atom stereocenters. The standard InChI is InChI=1S/C7H7ClF3N/c1-4-2-5(7(9,10)11)3-6(8)12-4/h2,6H,3H2,1H3. The van der Waals surface area contributed by atoms with Crippen LogP contribution in [-0.4, -0.2) is 17.4 Å². The Kier molecular flexibility index (Phi) is 2.46. The topological polar surface area (TPSA) is 12.4 Å². The number of alkyl halides is 4. The smallest absolute Gasteiger partial charge is 0.270 e. The zero-order valence-electron chi connectivity index (χ0n) is 6.32. The Balaban J connectivity index is 2.87. The number of nitrogens with zero attached hydrogens (tertiary/aromatic N) is 1. The van der Waals surface area contributed by atoms with E-state index in [1.165, 1.54) is 6.92 Å². The molecule has 0 aromatic carbocycles. The van der Waals surface area contributed by atoms with Gasteiger partial charge in [0.15, 0.2) is 0 Å². The summed E-state index contributed by atoms with van der Waals surface area (Å²) >= 11 is 5.48. The Morgan fingerprint density at radius 2 is 2.17 bits per heavy atom. The zero-order chi connectivity index (χ0) is 9.35. The van der Waals surface area contributed by atoms with E-state index in [0.717, 1.165) is 6.08 Å². The highest BCUT2D eigenvalue weighted by Gasteiger charge is 2.35. The third-order valence-corrected chi connectivity index (χ3v) is 1.73. The van der Waals surface area contributed by atoms with Crippen LogP contribution < -0.4 is 0 Å². The van der Waals surface area contributed by atoms with E-state index in [4.69, 9.17) is 11.6 Å². The van der Waals surface area contributed by atoms with Crippen LogP contribution in [0.25, 0.3) is 0 Å². The summed E-state index contributed by atoms with van der Waals surface area (Å²) in [7, 11) is 0. The Bertz CT molecular complexity index is 242. The van der Waals surface area contributed by atoms with E-state index in [-0.39, 0.29) is 6.42 Å². The van der Waals surface area contributed by atoms with Crippen molar-refractivity contribution in [2.75, 3.05) is 0 Å². The van der Waals surface area contributed by atoms with Crippen LogP contribution in [0.3, 0.4) is 0 Å². The molecule has 0 aliphatic carbocycles. The Morgan fingerprint density at radius 3 is 2.58 bits per heavy atom. The van der Waals surface area contributed by atoms with Gasteiger partial charge in [0, 0.05) is 17.7 Å². The molecule has 68 valence electrons. The van der Waals surface area contributed by atoms with Gasteiger partial charge in [0.1, 0.15) is 5.50 Å². The average Bonchev–Trinajstić information content (AvgIpc) is 1.82. The van der Waals surface area contributed by atoms with E-state index in [9.17, 15) is 13.2 Å². The quantitative estimate of drug-likeness (QED) is 0.418. The van der Waals surface area contributed by atoms with Gasteiger partial charge in [-0.05, 0) is 13.0 Å². The minimum absolute atomic E-state index is 0.234. The fourth-order valence-corrected chi connectivity index (χ4v) is 1.31. The van der Waals surface area contributed by atoms with Crippen molar-refractivity contribution in [3.8, 4) is 0 Å². The van der Waals surface area contributed by atoms with Crippen molar-refractivity contribution < 1.29 is 13.2 Å². The molecule has 1 heterocycles. The monoisotopic (exact) mass is 197 g/mol. The predicted molar refractivity (Wildman–Crippen MR) is 41.5 cm³/mol. The summed E-state index contributed by atoms with van der Waals surface area (Å²) in [5.41, 5.74) is -1.05. The number of dihydropyridines is 1. The fourth-order valence-electron chi connectivity index (χ4n) is 0.994. The highest BCUT2D eigenvalue weighted by atomic mass is 35.5. The highest BCUT2D eigenvalue weighted by molar-refractivity contribution is 6.21. The Hall–Kier alpha value is -0.510. The van der Waals surface area contributed by atoms with Crippen molar-refractivity contribution in [3.05, 3.63) is 11.6 Å². The van der Waals surface area contributed by atoms with Gasteiger partial charge in [0.25, 0.3) is 0 Å². The number of hydrogen-bond donors (Lipinski definition) is 0. The molecule has 12 heavy (non-hydrogen) atoms. The molecule has 5 heteroatoms. The van der Waals surface area contributed by atoms with Crippen LogP contribution in [-0.2, 0) is 0 Å². The van der Waals surface area contributed by atoms with Crippen LogP contribution in [0.5, 0.6) is 0 Å². The van der Waals surface area contributed by atoms with Gasteiger partial charge in [0.05, 0.1) is 0 Å². The Morgan fingerprint density at radius 1 is 1.58 bits per heavy atom. The molecular formula is C7H7ClF3N. The molecule has 0 fully saturated rings. The second-order valence-corrected chi connectivity index (χ2v) is 3.08. The number of halogens is 4. The maximum atomic E-state index is 12.1. The van der Waals surface area contributed by atoms with Gasteiger partial charge in [-0.2, -0.15) is 13.2 Å². The van der Waals surface area contributed by atoms with Crippen molar-refractivity contribution in [1.29, 1.82) is 0 Å². The van der Waals surface area contributed by atoms with Crippen LogP contribution in [0.1, 0.15) is 13.3 Å². The molecule has 0 spiro atoms. The number of hydrogen-bond acceptors (Lipinski definition) is 1. The average molecular weight is 198 g/mol. The number of rotatable bonds is 0. The molecular weight excluding hydrogens is 191 g/mol. The number of allylic oxidation sites excluding steroid dienone is 1. The molecule has 0 saturated heterocycles. The maximum absolute atomic E-state index is 12.1. The summed E-state index contributed by atoms with van der Waals surface area (Å²) in [5.74, 6) is 0. The van der Waals surface area contributed by atoms with Crippen LogP contribution >= 0.6 is 11.6 Å². The van der Waals surface area contributed by atoms with Gasteiger partial charge in [-0.3, -0.25) is 4.99 Å². The summed E-state index contributed by atoms with van der Waals surface area (Å²) in [6.07, 6.45) is -3.48. The zero-order valence-corrected chi connectivity index (χ0v) is 7.08. The third kappa shape index (κ3) is 2.24. The summed E-state index contributed by atoms with van der Waals surface area (Å²) in [4.78, 5) is 3.75. The largest absolute Gasteiger partial charge is 0.412 e. The summed E-state index contributed by atoms with van der Waals surface area (Å²) < 4.78 is 36.3. The van der Waals surface area contributed by atoms with Gasteiger partial charge in [-0.15, -0.1) is 0 Å². The molecule has 0 saturated carbocycles. The minimum Gasteiger partial charge on any atom is -0.270 e. The van der Waals surface area contributed by atoms with Crippen molar-refractivity contribution in [2.24, 2.45) is 4.99 Å². The van der Waals surface area contributed by atoms with E-state index in [0.29, 0.717) is 5.71 Å². The first kappa shape index (κ1) is 9.58. The van der Waals surface area contributed by atoms with Gasteiger partial charge in [-0.1, -0.05) is 11.6 Å². The van der Waals surface area contributed by atoms with Crippen molar-refractivity contribution in [3.63, 3.8) is 0 Å². The van der Waals surface area contributed by atoms with Crippen molar-refractivity contribution in [2.45, 2.75) is 25.0 Å². The lowest BCUT2D eigenvalue weighted by Crippen LogP contribution is -2.19. The fraction of sp³-hybridized carbons (Fsp3) is 0.571. The molecule has 0 bridgehead atoms. The Labute approximate surface area is 72.9 Å². The minimum atomic E-state index is -4.27. The first-order chi connectivity index (χ1) is 5.39. The molecule has 0 N–H and O–H groups in total. The second-order valence-electron chi connectivity index (χ2n) is 2.58. The lowest BCUT2D eigenvalue weighted by molar-refractivity contribution is -0.0940. The number of aliphatic imine (C=N–C) groups is 1. The molecule has 0 aromatic rings. The molecule has 0 radical (unpaired) electrons.